The van der Waals surface area contributed by atoms with E-state index >= 15 is 0 Å². The van der Waals surface area contributed by atoms with E-state index in [1.165, 1.54) is 11.8 Å². The number of carbonyl (C=O) groups is 1. The van der Waals surface area contributed by atoms with Gasteiger partial charge in [0.15, 0.2) is 16.2 Å². The lowest BCUT2D eigenvalue weighted by Gasteiger charge is -2.46. The second kappa shape index (κ2) is 10.8. The van der Waals surface area contributed by atoms with Gasteiger partial charge in [-0.3, -0.25) is 4.79 Å². The number of fused-ring (bicyclic) bond motifs is 1. The minimum Gasteiger partial charge on any atom is -0.507 e. The highest BCUT2D eigenvalue weighted by atomic mass is 32.2. The monoisotopic (exact) mass is 605 g/mol. The molecule has 3 atom stereocenters. The molecule has 2 aliphatic heterocycles. The van der Waals surface area contributed by atoms with Crippen LogP contribution in [0.3, 0.4) is 0 Å². The molecule has 0 fully saturated rings. The van der Waals surface area contributed by atoms with E-state index in [1.807, 2.05) is 78.9 Å². The predicted octanol–water partition coefficient (Wildman–Crippen LogP) is 8.72. The van der Waals surface area contributed by atoms with Crippen LogP contribution < -0.4 is 9.47 Å². The van der Waals surface area contributed by atoms with Crippen LogP contribution in [-0.4, -0.2) is 27.9 Å². The van der Waals surface area contributed by atoms with Crippen LogP contribution in [0.2, 0.25) is 0 Å². The standard InChI is InChI=1S/C38H39NO4S/c1-36(2,3)27-21-25(22-28(31(27)40)37(4,5)6)30-26-19-14-20-29(42-7)32(26)43-33(23-15-10-8-11-16-23)38(30)35(41)39-34(44-38)24-17-12-9-13-18-24/h8-22,30,33,40H,1-7H3/t30-,33-,38-/m1/s1. The van der Waals surface area contributed by atoms with Crippen molar-refractivity contribution in [2.45, 2.75) is 69.1 Å². The fourth-order valence-corrected chi connectivity index (χ4v) is 7.94. The number of thioether (sulfide) groups is 1. The number of aromatic hydroxyl groups is 1. The first-order chi connectivity index (χ1) is 20.9. The molecule has 6 heteroatoms. The van der Waals surface area contributed by atoms with Crippen LogP contribution in [0.1, 0.15) is 86.9 Å². The highest BCUT2D eigenvalue weighted by Gasteiger charge is 2.62. The summed E-state index contributed by atoms with van der Waals surface area (Å²) in [6.45, 7) is 12.6. The van der Waals surface area contributed by atoms with Crippen LogP contribution in [0.5, 0.6) is 17.2 Å². The van der Waals surface area contributed by atoms with Gasteiger partial charge in [-0.25, -0.2) is 4.99 Å². The van der Waals surface area contributed by atoms with Gasteiger partial charge in [-0.1, -0.05) is 138 Å². The molecular weight excluding hydrogens is 566 g/mol. The largest absolute Gasteiger partial charge is 0.507 e. The van der Waals surface area contributed by atoms with Gasteiger partial charge >= 0.3 is 0 Å². The van der Waals surface area contributed by atoms with Crippen LogP contribution >= 0.6 is 11.8 Å². The van der Waals surface area contributed by atoms with Gasteiger partial charge in [0.05, 0.1) is 7.11 Å². The second-order valence-electron chi connectivity index (χ2n) is 13.7. The Kier molecular flexibility index (Phi) is 7.40. The molecule has 0 saturated heterocycles. The number of hydrogen-bond donors (Lipinski definition) is 1. The van der Waals surface area contributed by atoms with Crippen molar-refractivity contribution in [2.75, 3.05) is 7.11 Å². The number of benzene rings is 4. The second-order valence-corrected chi connectivity index (χ2v) is 14.9. The fourth-order valence-electron chi connectivity index (χ4n) is 6.43. The summed E-state index contributed by atoms with van der Waals surface area (Å²) in [6.07, 6.45) is -0.676. The van der Waals surface area contributed by atoms with Gasteiger partial charge in [-0.2, -0.15) is 0 Å². The highest BCUT2D eigenvalue weighted by Crippen LogP contribution is 2.63. The molecular formula is C38H39NO4S. The van der Waals surface area contributed by atoms with Gasteiger partial charge in [0, 0.05) is 17.0 Å². The number of rotatable bonds is 4. The topological polar surface area (TPSA) is 68.1 Å². The number of methoxy groups -OCH3 is 1. The summed E-state index contributed by atoms with van der Waals surface area (Å²) in [4.78, 5) is 19.5. The maximum Gasteiger partial charge on any atom is 0.268 e. The molecule has 0 aliphatic carbocycles. The molecule has 5 nitrogen and oxygen atoms in total. The Hall–Kier alpha value is -4.03. The number of hydrogen-bond acceptors (Lipinski definition) is 5. The third-order valence-corrected chi connectivity index (χ3v) is 10.1. The number of para-hydroxylation sites is 1. The fraction of sp³-hybridized carbons (Fsp3) is 0.316. The molecule has 0 unspecified atom stereocenters. The zero-order valence-corrected chi connectivity index (χ0v) is 27.2. The van der Waals surface area contributed by atoms with Crippen molar-refractivity contribution in [3.8, 4) is 17.2 Å². The molecule has 2 aliphatic rings. The van der Waals surface area contributed by atoms with Gasteiger partial charge in [-0.15, -0.1) is 0 Å². The van der Waals surface area contributed by atoms with E-state index in [-0.39, 0.29) is 16.7 Å². The zero-order valence-electron chi connectivity index (χ0n) is 26.3. The lowest BCUT2D eigenvalue weighted by Crippen LogP contribution is -2.49. The molecule has 0 radical (unpaired) electrons. The molecule has 2 heterocycles. The molecule has 0 saturated carbocycles. The van der Waals surface area contributed by atoms with Crippen molar-refractivity contribution in [2.24, 2.45) is 4.99 Å². The Bertz CT molecular complexity index is 1720. The Morgan fingerprint density at radius 2 is 1.41 bits per heavy atom. The average Bonchev–Trinajstić information content (AvgIpc) is 3.33. The first-order valence-electron chi connectivity index (χ1n) is 15.0. The number of phenolic OH excluding ortho intramolecular Hbond substituents is 1. The number of nitrogens with zero attached hydrogens (tertiary/aromatic N) is 1. The SMILES string of the molecule is COc1cccc2c1O[C@H](c1ccccc1)[C@]1(SC(c3ccccc3)=NC1=O)[C@@H]2c1cc(C(C)(C)C)c(O)c(C(C)(C)C)c1. The summed E-state index contributed by atoms with van der Waals surface area (Å²) in [6, 6.07) is 29.8. The lowest BCUT2D eigenvalue weighted by atomic mass is 9.70. The molecule has 6 rings (SSSR count). The molecule has 1 spiro atoms. The Labute approximate surface area is 264 Å². The lowest BCUT2D eigenvalue weighted by molar-refractivity contribution is -0.123. The maximum atomic E-state index is 14.7. The van der Waals surface area contributed by atoms with Crippen LogP contribution in [0.25, 0.3) is 0 Å². The molecule has 0 bridgehead atoms. The Morgan fingerprint density at radius 1 is 0.818 bits per heavy atom. The van der Waals surface area contributed by atoms with E-state index in [9.17, 15) is 9.90 Å². The normalized spacial score (nSPS) is 21.5. The molecule has 4 aromatic carbocycles. The molecule has 1 amide bonds. The quantitative estimate of drug-likeness (QED) is 0.252. The van der Waals surface area contributed by atoms with Gasteiger partial charge in [0.2, 0.25) is 0 Å². The highest BCUT2D eigenvalue weighted by molar-refractivity contribution is 8.16. The van der Waals surface area contributed by atoms with Gasteiger partial charge in [0.25, 0.3) is 5.91 Å². The smallest absolute Gasteiger partial charge is 0.268 e. The first-order valence-corrected chi connectivity index (χ1v) is 15.8. The Morgan fingerprint density at radius 3 is 1.98 bits per heavy atom. The summed E-state index contributed by atoms with van der Waals surface area (Å²) >= 11 is 1.48. The van der Waals surface area contributed by atoms with E-state index in [4.69, 9.17) is 14.5 Å². The third kappa shape index (κ3) is 4.89. The maximum absolute atomic E-state index is 14.7. The van der Waals surface area contributed by atoms with Gasteiger partial charge < -0.3 is 14.6 Å². The first kappa shape index (κ1) is 30.0. The van der Waals surface area contributed by atoms with Crippen LogP contribution in [-0.2, 0) is 15.6 Å². The van der Waals surface area contributed by atoms with E-state index in [0.717, 1.165) is 33.4 Å². The minimum atomic E-state index is -1.17. The Balaban J connectivity index is 1.70. The molecule has 226 valence electrons. The van der Waals surface area contributed by atoms with E-state index in [0.29, 0.717) is 22.3 Å². The zero-order chi connectivity index (χ0) is 31.4. The summed E-state index contributed by atoms with van der Waals surface area (Å²) < 4.78 is 11.6. The summed E-state index contributed by atoms with van der Waals surface area (Å²) in [5.74, 6) is 0.803. The number of ether oxygens (including phenoxy) is 2. The molecule has 1 N–H and O–H groups in total. The number of phenols is 1. The number of amides is 1. The van der Waals surface area contributed by atoms with Crippen LogP contribution in [0.15, 0.2) is 96.0 Å². The summed E-state index contributed by atoms with van der Waals surface area (Å²) in [7, 11) is 1.64. The van der Waals surface area contributed by atoms with Crippen molar-refractivity contribution < 1.29 is 19.4 Å². The van der Waals surface area contributed by atoms with Crippen molar-refractivity contribution in [1.29, 1.82) is 0 Å². The number of aliphatic imine (C=N–C) groups is 1. The predicted molar refractivity (Wildman–Crippen MR) is 178 cm³/mol. The van der Waals surface area contributed by atoms with Gasteiger partial charge in [-0.05, 0) is 39.2 Å². The number of carbonyl (C=O) groups excluding carboxylic acids is 1. The molecule has 4 aromatic rings. The van der Waals surface area contributed by atoms with Crippen molar-refractivity contribution in [3.05, 3.63) is 124 Å². The van der Waals surface area contributed by atoms with Gasteiger partial charge in [0.1, 0.15) is 16.9 Å². The van der Waals surface area contributed by atoms with E-state index in [1.54, 1.807) is 7.11 Å². The molecule has 44 heavy (non-hydrogen) atoms. The van der Waals surface area contributed by atoms with Crippen molar-refractivity contribution >= 4 is 22.7 Å². The summed E-state index contributed by atoms with van der Waals surface area (Å²) in [5.41, 5.74) is 4.52. The van der Waals surface area contributed by atoms with Crippen molar-refractivity contribution in [3.63, 3.8) is 0 Å². The van der Waals surface area contributed by atoms with Crippen LogP contribution in [0, 0.1) is 0 Å². The van der Waals surface area contributed by atoms with E-state index in [2.05, 4.69) is 53.7 Å². The third-order valence-electron chi connectivity index (χ3n) is 8.60. The molecule has 0 aromatic heterocycles. The van der Waals surface area contributed by atoms with Crippen molar-refractivity contribution in [1.82, 2.24) is 0 Å². The minimum absolute atomic E-state index is 0.239. The average molecular weight is 606 g/mol. The van der Waals surface area contributed by atoms with Crippen LogP contribution in [0.4, 0.5) is 0 Å². The summed E-state index contributed by atoms with van der Waals surface area (Å²) in [5, 5.41) is 12.3. The van der Waals surface area contributed by atoms with E-state index < -0.39 is 16.8 Å².